The molecule has 2 aromatic carbocycles. The van der Waals surface area contributed by atoms with Crippen molar-refractivity contribution in [1.82, 2.24) is 9.80 Å². The van der Waals surface area contributed by atoms with E-state index in [2.05, 4.69) is 16.8 Å². The van der Waals surface area contributed by atoms with Crippen LogP contribution in [-0.2, 0) is 14.6 Å². The summed E-state index contributed by atoms with van der Waals surface area (Å²) in [4.78, 5) is 16.4. The van der Waals surface area contributed by atoms with Crippen molar-refractivity contribution in [3.05, 3.63) is 65.7 Å². The van der Waals surface area contributed by atoms with Crippen molar-refractivity contribution in [2.24, 2.45) is 11.8 Å². The van der Waals surface area contributed by atoms with Crippen LogP contribution in [0.3, 0.4) is 0 Å². The largest absolute Gasteiger partial charge is 0.480 e. The van der Waals surface area contributed by atoms with Gasteiger partial charge in [0.15, 0.2) is 9.84 Å². The minimum atomic E-state index is -3.27. The first-order valence-corrected chi connectivity index (χ1v) is 16.7. The van der Waals surface area contributed by atoms with Gasteiger partial charge in [-0.1, -0.05) is 31.4 Å². The summed E-state index contributed by atoms with van der Waals surface area (Å²) in [5.74, 6) is -0.128. The van der Waals surface area contributed by atoms with Gasteiger partial charge in [0.25, 0.3) is 0 Å². The topological polar surface area (TPSA) is 77.9 Å². The van der Waals surface area contributed by atoms with E-state index in [4.69, 9.17) is 0 Å². The zero-order chi connectivity index (χ0) is 29.4. The molecule has 0 spiro atoms. The Bertz CT molecular complexity index is 1230. The Morgan fingerprint density at radius 3 is 2.24 bits per heavy atom. The van der Waals surface area contributed by atoms with Crippen molar-refractivity contribution >= 4 is 15.8 Å². The monoisotopic (exact) mass is 590 g/mol. The molecular formula is C32H44F2N2O4S. The minimum absolute atomic E-state index is 0.160. The van der Waals surface area contributed by atoms with Gasteiger partial charge in [-0.05, 0) is 125 Å². The normalized spacial score (nSPS) is 22.2. The molecule has 2 atom stereocenters. The zero-order valence-electron chi connectivity index (χ0n) is 24.1. The number of halogens is 2. The molecule has 0 radical (unpaired) electrons. The standard InChI is InChI=1S/C18H24FNO2.C14H20FNO2S/c19-16-8-4-7-14(11-16)15-9-10-20(12-15)17(18(21)22)13-5-2-1-3-6-13;1-16-9-6-12(7-10-16)8-11-19(17,18)14-4-2-13(15)3-5-14/h4,7-8,11,13,15,17H,1-3,5-6,9-10,12H2,(H,21,22);2-5,12H,6-11H2,1H3. The molecular weight excluding hydrogens is 546 g/mol. The van der Waals surface area contributed by atoms with Crippen LogP contribution >= 0.6 is 0 Å². The summed E-state index contributed by atoms with van der Waals surface area (Å²) >= 11 is 0. The highest BCUT2D eigenvalue weighted by molar-refractivity contribution is 7.91. The van der Waals surface area contributed by atoms with Gasteiger partial charge in [-0.2, -0.15) is 0 Å². The number of piperidine rings is 1. The van der Waals surface area contributed by atoms with Crippen LogP contribution in [0.15, 0.2) is 53.4 Å². The lowest BCUT2D eigenvalue weighted by atomic mass is 9.83. The second kappa shape index (κ2) is 14.7. The van der Waals surface area contributed by atoms with Crippen molar-refractivity contribution in [2.45, 2.75) is 74.6 Å². The van der Waals surface area contributed by atoms with Gasteiger partial charge in [-0.15, -0.1) is 0 Å². The van der Waals surface area contributed by atoms with Crippen molar-refractivity contribution in [3.63, 3.8) is 0 Å². The number of sulfone groups is 1. The van der Waals surface area contributed by atoms with Gasteiger partial charge in [0.05, 0.1) is 10.6 Å². The number of rotatable bonds is 8. The SMILES string of the molecule is CN1CCC(CCS(=O)(=O)c2ccc(F)cc2)CC1.O=C(O)C(C1CCCCC1)N1CCC(c2cccc(F)c2)C1. The summed E-state index contributed by atoms with van der Waals surface area (Å²) in [6.07, 6.45) is 9.33. The number of carbonyl (C=O) groups is 1. The van der Waals surface area contributed by atoms with Crippen LogP contribution in [0.5, 0.6) is 0 Å². The van der Waals surface area contributed by atoms with Crippen LogP contribution in [0.4, 0.5) is 8.78 Å². The molecule has 1 N–H and O–H groups in total. The Morgan fingerprint density at radius 2 is 1.61 bits per heavy atom. The van der Waals surface area contributed by atoms with Gasteiger partial charge in [-0.25, -0.2) is 17.2 Å². The van der Waals surface area contributed by atoms with E-state index < -0.39 is 21.6 Å². The first-order valence-electron chi connectivity index (χ1n) is 15.0. The number of carboxylic acid groups (broad SMARTS) is 1. The number of carboxylic acids is 1. The molecule has 0 aromatic heterocycles. The van der Waals surface area contributed by atoms with Gasteiger partial charge < -0.3 is 10.0 Å². The highest BCUT2D eigenvalue weighted by Gasteiger charge is 2.38. The van der Waals surface area contributed by atoms with Gasteiger partial charge in [0.1, 0.15) is 17.7 Å². The van der Waals surface area contributed by atoms with Crippen LogP contribution in [0, 0.1) is 23.5 Å². The molecule has 0 bridgehead atoms. The maximum absolute atomic E-state index is 13.4. The summed E-state index contributed by atoms with van der Waals surface area (Å²) < 4.78 is 50.4. The molecule has 1 aliphatic carbocycles. The van der Waals surface area contributed by atoms with Crippen LogP contribution in [0.2, 0.25) is 0 Å². The summed E-state index contributed by atoms with van der Waals surface area (Å²) in [6, 6.07) is 11.5. The summed E-state index contributed by atoms with van der Waals surface area (Å²) in [7, 11) is -1.18. The maximum atomic E-state index is 13.4. The van der Waals surface area contributed by atoms with Gasteiger partial charge in [0, 0.05) is 6.54 Å². The Balaban J connectivity index is 0.000000191. The molecule has 2 heterocycles. The second-order valence-corrected chi connectivity index (χ2v) is 14.1. The molecule has 2 aliphatic heterocycles. The highest BCUT2D eigenvalue weighted by Crippen LogP contribution is 2.35. The molecule has 2 aromatic rings. The highest BCUT2D eigenvalue weighted by atomic mass is 32.2. The zero-order valence-corrected chi connectivity index (χ0v) is 24.9. The van der Waals surface area contributed by atoms with E-state index in [1.807, 2.05) is 6.07 Å². The van der Waals surface area contributed by atoms with E-state index in [1.54, 1.807) is 12.1 Å². The fourth-order valence-corrected chi connectivity index (χ4v) is 8.04. The molecule has 3 aliphatic rings. The summed E-state index contributed by atoms with van der Waals surface area (Å²) in [6.45, 7) is 3.62. The molecule has 2 unspecified atom stereocenters. The van der Waals surface area contributed by atoms with Crippen LogP contribution in [0.25, 0.3) is 0 Å². The van der Waals surface area contributed by atoms with Crippen LogP contribution < -0.4 is 0 Å². The van der Waals surface area contributed by atoms with Gasteiger partial charge in [-0.3, -0.25) is 9.69 Å². The number of benzene rings is 2. The first kappa shape index (κ1) is 31.6. The van der Waals surface area contributed by atoms with Gasteiger partial charge in [0.2, 0.25) is 0 Å². The van der Waals surface area contributed by atoms with E-state index in [0.29, 0.717) is 12.3 Å². The predicted molar refractivity (Wildman–Crippen MR) is 157 cm³/mol. The number of aliphatic carboxylic acids is 1. The Hall–Kier alpha value is -2.36. The Labute approximate surface area is 243 Å². The molecule has 5 rings (SSSR count). The van der Waals surface area contributed by atoms with Gasteiger partial charge >= 0.3 is 5.97 Å². The lowest BCUT2D eigenvalue weighted by molar-refractivity contribution is -0.145. The molecule has 9 heteroatoms. The Kier molecular flexibility index (Phi) is 11.3. The first-order chi connectivity index (χ1) is 19.6. The van der Waals surface area contributed by atoms with Crippen molar-refractivity contribution in [1.29, 1.82) is 0 Å². The smallest absolute Gasteiger partial charge is 0.321 e. The maximum Gasteiger partial charge on any atom is 0.321 e. The number of hydrogen-bond acceptors (Lipinski definition) is 5. The molecule has 6 nitrogen and oxygen atoms in total. The average Bonchev–Trinajstić information content (AvgIpc) is 3.44. The Morgan fingerprint density at radius 1 is 0.927 bits per heavy atom. The van der Waals surface area contributed by atoms with E-state index in [9.17, 15) is 27.1 Å². The third kappa shape index (κ3) is 9.06. The summed E-state index contributed by atoms with van der Waals surface area (Å²) in [5, 5.41) is 9.69. The third-order valence-electron chi connectivity index (χ3n) is 9.09. The number of nitrogens with zero attached hydrogens (tertiary/aromatic N) is 2. The fraction of sp³-hybridized carbons (Fsp3) is 0.594. The van der Waals surface area contributed by atoms with E-state index in [1.165, 1.54) is 36.8 Å². The second-order valence-electron chi connectivity index (χ2n) is 12.0. The number of likely N-dealkylation sites (tertiary alicyclic amines) is 2. The fourth-order valence-electron chi connectivity index (χ4n) is 6.61. The minimum Gasteiger partial charge on any atom is -0.480 e. The summed E-state index contributed by atoms with van der Waals surface area (Å²) in [5.41, 5.74) is 0.996. The molecule has 226 valence electrons. The van der Waals surface area contributed by atoms with Crippen LogP contribution in [0.1, 0.15) is 69.3 Å². The molecule has 0 amide bonds. The third-order valence-corrected chi connectivity index (χ3v) is 10.9. The lowest BCUT2D eigenvalue weighted by Crippen LogP contribution is -2.45. The number of hydrogen-bond donors (Lipinski definition) is 1. The van der Waals surface area contributed by atoms with Crippen molar-refractivity contribution in [2.75, 3.05) is 39.0 Å². The van der Waals surface area contributed by atoms with Crippen molar-refractivity contribution in [3.8, 4) is 0 Å². The van der Waals surface area contributed by atoms with E-state index >= 15 is 0 Å². The van der Waals surface area contributed by atoms with E-state index in [0.717, 1.165) is 76.7 Å². The average molecular weight is 591 g/mol. The molecule has 3 fully saturated rings. The molecule has 2 saturated heterocycles. The lowest BCUT2D eigenvalue weighted by Gasteiger charge is -2.33. The quantitative estimate of drug-likeness (QED) is 0.381. The van der Waals surface area contributed by atoms with E-state index in [-0.39, 0.29) is 34.3 Å². The molecule has 41 heavy (non-hydrogen) atoms. The van der Waals surface area contributed by atoms with Crippen LogP contribution in [-0.4, -0.2) is 74.3 Å². The van der Waals surface area contributed by atoms with Crippen molar-refractivity contribution < 1.29 is 27.1 Å². The predicted octanol–water partition coefficient (Wildman–Crippen LogP) is 5.98. The molecule has 1 saturated carbocycles.